The zero-order valence-electron chi connectivity index (χ0n) is 8.42. The average molecular weight is 167 g/mol. The summed E-state index contributed by atoms with van der Waals surface area (Å²) in [7, 11) is 2.27. The van der Waals surface area contributed by atoms with E-state index in [1.54, 1.807) is 0 Å². The summed E-state index contributed by atoms with van der Waals surface area (Å²) in [5.74, 6) is 3.12. The summed E-state index contributed by atoms with van der Waals surface area (Å²) in [6, 6.07) is 0. The van der Waals surface area contributed by atoms with Gasteiger partial charge in [0.1, 0.15) is 0 Å². The smallest absolute Gasteiger partial charge is 0.000927 e. The Kier molecular flexibility index (Phi) is 2.40. The van der Waals surface area contributed by atoms with E-state index < -0.39 is 0 Å². The van der Waals surface area contributed by atoms with Gasteiger partial charge < -0.3 is 4.90 Å². The molecular formula is C11H21N. The van der Waals surface area contributed by atoms with Gasteiger partial charge in [-0.1, -0.05) is 13.3 Å². The fraction of sp³-hybridized carbons (Fsp3) is 1.00. The lowest BCUT2D eigenvalue weighted by Gasteiger charge is -2.41. The van der Waals surface area contributed by atoms with Gasteiger partial charge in [-0.15, -0.1) is 0 Å². The van der Waals surface area contributed by atoms with Gasteiger partial charge in [-0.3, -0.25) is 0 Å². The Morgan fingerprint density at radius 1 is 1.08 bits per heavy atom. The molecule has 0 aromatic carbocycles. The van der Waals surface area contributed by atoms with E-state index in [0.29, 0.717) is 0 Å². The Morgan fingerprint density at radius 3 is 2.75 bits per heavy atom. The van der Waals surface area contributed by atoms with Crippen molar-refractivity contribution in [1.82, 2.24) is 4.90 Å². The average Bonchev–Trinajstić information content (AvgIpc) is 2.05. The van der Waals surface area contributed by atoms with Crippen molar-refractivity contribution in [2.24, 2.45) is 17.8 Å². The molecular weight excluding hydrogens is 146 g/mol. The van der Waals surface area contributed by atoms with E-state index in [9.17, 15) is 0 Å². The van der Waals surface area contributed by atoms with Crippen LogP contribution in [0.2, 0.25) is 0 Å². The highest BCUT2D eigenvalue weighted by atomic mass is 15.1. The molecule has 70 valence electrons. The van der Waals surface area contributed by atoms with Crippen molar-refractivity contribution in [2.45, 2.75) is 32.6 Å². The second-order valence-corrected chi connectivity index (χ2v) is 4.99. The molecule has 0 aromatic rings. The van der Waals surface area contributed by atoms with Gasteiger partial charge in [0.2, 0.25) is 0 Å². The molecule has 1 heteroatoms. The van der Waals surface area contributed by atoms with Crippen LogP contribution in [0.4, 0.5) is 0 Å². The molecule has 2 unspecified atom stereocenters. The first kappa shape index (κ1) is 8.55. The van der Waals surface area contributed by atoms with Crippen molar-refractivity contribution < 1.29 is 0 Å². The molecule has 12 heavy (non-hydrogen) atoms. The molecule has 1 saturated heterocycles. The lowest BCUT2D eigenvalue weighted by atomic mass is 9.71. The molecule has 2 rings (SSSR count). The monoisotopic (exact) mass is 167 g/mol. The summed E-state index contributed by atoms with van der Waals surface area (Å²) in [4.78, 5) is 2.51. The van der Waals surface area contributed by atoms with Gasteiger partial charge in [0.25, 0.3) is 0 Å². The van der Waals surface area contributed by atoms with Gasteiger partial charge in [-0.05, 0) is 50.6 Å². The van der Waals surface area contributed by atoms with Crippen molar-refractivity contribution in [2.75, 3.05) is 20.1 Å². The van der Waals surface area contributed by atoms with Crippen LogP contribution in [0.1, 0.15) is 32.6 Å². The predicted molar refractivity (Wildman–Crippen MR) is 52.1 cm³/mol. The third kappa shape index (κ3) is 1.66. The Labute approximate surface area is 76.1 Å². The van der Waals surface area contributed by atoms with E-state index >= 15 is 0 Å². The normalized spacial score (nSPS) is 44.0. The number of rotatable bonds is 0. The molecule has 0 bridgehead atoms. The number of likely N-dealkylation sites (tertiary alicyclic amines) is 1. The highest BCUT2D eigenvalue weighted by Gasteiger charge is 2.31. The zero-order chi connectivity index (χ0) is 8.55. The van der Waals surface area contributed by atoms with E-state index in [1.807, 2.05) is 0 Å². The van der Waals surface area contributed by atoms with E-state index in [4.69, 9.17) is 0 Å². The SMILES string of the molecule is C[C@@H]1CCC2CN(C)CCC2C1. The van der Waals surface area contributed by atoms with Gasteiger partial charge in [-0.25, -0.2) is 0 Å². The van der Waals surface area contributed by atoms with Crippen LogP contribution < -0.4 is 0 Å². The second kappa shape index (κ2) is 3.37. The lowest BCUT2D eigenvalue weighted by molar-refractivity contribution is 0.0842. The molecule has 1 aliphatic heterocycles. The van der Waals surface area contributed by atoms with Crippen molar-refractivity contribution in [3.63, 3.8) is 0 Å². The van der Waals surface area contributed by atoms with Crippen LogP contribution in [0.25, 0.3) is 0 Å². The number of nitrogens with zero attached hydrogens (tertiary/aromatic N) is 1. The second-order valence-electron chi connectivity index (χ2n) is 4.99. The fourth-order valence-electron chi connectivity index (χ4n) is 3.03. The first-order valence-electron chi connectivity index (χ1n) is 5.44. The minimum Gasteiger partial charge on any atom is -0.306 e. The summed E-state index contributed by atoms with van der Waals surface area (Å²) in [6.07, 6.45) is 5.95. The molecule has 0 radical (unpaired) electrons. The summed E-state index contributed by atoms with van der Waals surface area (Å²) >= 11 is 0. The summed E-state index contributed by atoms with van der Waals surface area (Å²) in [5, 5.41) is 0. The molecule has 0 aromatic heterocycles. The third-order valence-electron chi connectivity index (χ3n) is 3.83. The third-order valence-corrected chi connectivity index (χ3v) is 3.83. The Balaban J connectivity index is 1.94. The minimum absolute atomic E-state index is 1.01. The van der Waals surface area contributed by atoms with Crippen molar-refractivity contribution >= 4 is 0 Å². The van der Waals surface area contributed by atoms with Gasteiger partial charge in [0.05, 0.1) is 0 Å². The lowest BCUT2D eigenvalue weighted by Crippen LogP contribution is -2.40. The van der Waals surface area contributed by atoms with Crippen LogP contribution in [0, 0.1) is 17.8 Å². The molecule has 1 aliphatic carbocycles. The molecule has 3 atom stereocenters. The topological polar surface area (TPSA) is 3.24 Å². The predicted octanol–water partition coefficient (Wildman–Crippen LogP) is 2.37. The van der Waals surface area contributed by atoms with Gasteiger partial charge in [0, 0.05) is 6.54 Å². The molecule has 2 fully saturated rings. The Hall–Kier alpha value is -0.0400. The van der Waals surface area contributed by atoms with Crippen LogP contribution in [0.3, 0.4) is 0 Å². The summed E-state index contributed by atoms with van der Waals surface area (Å²) in [6.45, 7) is 5.14. The number of fused-ring (bicyclic) bond motifs is 1. The fourth-order valence-corrected chi connectivity index (χ4v) is 3.03. The van der Waals surface area contributed by atoms with E-state index in [0.717, 1.165) is 17.8 Å². The Bertz CT molecular complexity index is 137. The molecule has 2 aliphatic rings. The van der Waals surface area contributed by atoms with Crippen molar-refractivity contribution in [1.29, 1.82) is 0 Å². The molecule has 0 spiro atoms. The van der Waals surface area contributed by atoms with Crippen LogP contribution >= 0.6 is 0 Å². The van der Waals surface area contributed by atoms with Crippen LogP contribution in [-0.2, 0) is 0 Å². The van der Waals surface area contributed by atoms with E-state index in [2.05, 4.69) is 18.9 Å². The van der Waals surface area contributed by atoms with E-state index in [-0.39, 0.29) is 0 Å². The number of hydrogen-bond donors (Lipinski definition) is 0. The highest BCUT2D eigenvalue weighted by molar-refractivity contribution is 4.84. The van der Waals surface area contributed by atoms with Gasteiger partial charge >= 0.3 is 0 Å². The number of piperidine rings is 1. The summed E-state index contributed by atoms with van der Waals surface area (Å²) in [5.41, 5.74) is 0. The zero-order valence-corrected chi connectivity index (χ0v) is 8.42. The van der Waals surface area contributed by atoms with Crippen LogP contribution in [0.15, 0.2) is 0 Å². The maximum atomic E-state index is 2.51. The molecule has 0 N–H and O–H groups in total. The first-order valence-corrected chi connectivity index (χ1v) is 5.44. The van der Waals surface area contributed by atoms with Crippen LogP contribution in [0.5, 0.6) is 0 Å². The molecule has 1 heterocycles. The highest BCUT2D eigenvalue weighted by Crippen LogP contribution is 2.38. The minimum atomic E-state index is 1.01. The largest absolute Gasteiger partial charge is 0.306 e. The quantitative estimate of drug-likeness (QED) is 0.535. The maximum Gasteiger partial charge on any atom is 0.000927 e. The molecule has 1 saturated carbocycles. The van der Waals surface area contributed by atoms with Crippen molar-refractivity contribution in [3.8, 4) is 0 Å². The maximum absolute atomic E-state index is 2.51. The van der Waals surface area contributed by atoms with Gasteiger partial charge in [0.15, 0.2) is 0 Å². The molecule has 1 nitrogen and oxygen atoms in total. The molecule has 0 amide bonds. The van der Waals surface area contributed by atoms with Crippen LogP contribution in [-0.4, -0.2) is 25.0 Å². The Morgan fingerprint density at radius 2 is 1.92 bits per heavy atom. The van der Waals surface area contributed by atoms with Crippen molar-refractivity contribution in [3.05, 3.63) is 0 Å². The van der Waals surface area contributed by atoms with E-state index in [1.165, 1.54) is 38.8 Å². The first-order chi connectivity index (χ1) is 5.75. The summed E-state index contributed by atoms with van der Waals surface area (Å²) < 4.78 is 0. The standard InChI is InChI=1S/C11H21N/c1-9-3-4-11-8-12(2)6-5-10(11)7-9/h9-11H,3-8H2,1-2H3/t9-,10?,11?/m1/s1. The number of hydrogen-bond acceptors (Lipinski definition) is 1. The van der Waals surface area contributed by atoms with Gasteiger partial charge in [-0.2, -0.15) is 0 Å².